The third-order valence-electron chi connectivity index (χ3n) is 3.60. The quantitative estimate of drug-likeness (QED) is 0.823. The number of hydrogen-bond acceptors (Lipinski definition) is 2. The fourth-order valence-electron chi connectivity index (χ4n) is 2.09. The molecule has 0 aliphatic heterocycles. The fourth-order valence-corrected chi connectivity index (χ4v) is 2.22. The maximum Gasteiger partial charge on any atom is 0.233 e. The van der Waals surface area contributed by atoms with Crippen molar-refractivity contribution in [1.29, 1.82) is 0 Å². The third kappa shape index (κ3) is 5.11. The summed E-state index contributed by atoms with van der Waals surface area (Å²) in [6.07, 6.45) is -0.207. The van der Waals surface area contributed by atoms with Crippen molar-refractivity contribution < 1.29 is 9.59 Å². The SMILES string of the molecule is Cc1cccc(NC(=O)CC(=O)NCc2ccc(Cl)cc2)c1C. The Morgan fingerprint density at radius 2 is 1.70 bits per heavy atom. The smallest absolute Gasteiger partial charge is 0.233 e. The van der Waals surface area contributed by atoms with Gasteiger partial charge in [-0.25, -0.2) is 0 Å². The molecular formula is C18H19ClN2O2. The molecule has 0 fully saturated rings. The van der Waals surface area contributed by atoms with Crippen LogP contribution in [0.2, 0.25) is 5.02 Å². The number of nitrogens with one attached hydrogen (secondary N) is 2. The van der Waals surface area contributed by atoms with Gasteiger partial charge in [-0.1, -0.05) is 35.9 Å². The van der Waals surface area contributed by atoms with Crippen LogP contribution >= 0.6 is 11.6 Å². The monoisotopic (exact) mass is 330 g/mol. The number of halogens is 1. The molecule has 4 nitrogen and oxygen atoms in total. The first-order valence-corrected chi connectivity index (χ1v) is 7.70. The first-order valence-electron chi connectivity index (χ1n) is 7.33. The van der Waals surface area contributed by atoms with E-state index in [-0.39, 0.29) is 18.2 Å². The lowest BCUT2D eigenvalue weighted by Gasteiger charge is -2.10. The van der Waals surface area contributed by atoms with Gasteiger partial charge in [0.25, 0.3) is 0 Å². The molecule has 2 aromatic carbocycles. The molecule has 2 aromatic rings. The van der Waals surface area contributed by atoms with E-state index >= 15 is 0 Å². The van der Waals surface area contributed by atoms with Crippen LogP contribution in [-0.2, 0) is 16.1 Å². The van der Waals surface area contributed by atoms with Gasteiger partial charge >= 0.3 is 0 Å². The van der Waals surface area contributed by atoms with Crippen LogP contribution in [0, 0.1) is 13.8 Å². The summed E-state index contributed by atoms with van der Waals surface area (Å²) >= 11 is 5.80. The summed E-state index contributed by atoms with van der Waals surface area (Å²) in [6, 6.07) is 12.9. The van der Waals surface area contributed by atoms with Crippen molar-refractivity contribution in [1.82, 2.24) is 5.32 Å². The number of carbonyl (C=O) groups is 2. The van der Waals surface area contributed by atoms with Crippen LogP contribution in [0.25, 0.3) is 0 Å². The Morgan fingerprint density at radius 3 is 2.39 bits per heavy atom. The minimum atomic E-state index is -0.327. The zero-order chi connectivity index (χ0) is 16.8. The van der Waals surface area contributed by atoms with Gasteiger partial charge in [-0.3, -0.25) is 9.59 Å². The van der Waals surface area contributed by atoms with E-state index in [0.29, 0.717) is 11.6 Å². The van der Waals surface area contributed by atoms with E-state index in [1.807, 2.05) is 44.2 Å². The summed E-state index contributed by atoms with van der Waals surface area (Å²) in [5.74, 6) is -0.643. The lowest BCUT2D eigenvalue weighted by molar-refractivity contribution is -0.126. The summed E-state index contributed by atoms with van der Waals surface area (Å²) in [7, 11) is 0. The zero-order valence-electron chi connectivity index (χ0n) is 13.2. The molecule has 0 atom stereocenters. The summed E-state index contributed by atoms with van der Waals surface area (Å²) < 4.78 is 0. The number of aryl methyl sites for hydroxylation is 1. The first-order chi connectivity index (χ1) is 11.0. The fraction of sp³-hybridized carbons (Fsp3) is 0.222. The molecule has 0 bridgehead atoms. The maximum absolute atomic E-state index is 12.0. The molecule has 2 amide bonds. The second kappa shape index (κ2) is 7.79. The number of anilines is 1. The predicted octanol–water partition coefficient (Wildman–Crippen LogP) is 3.60. The maximum atomic E-state index is 12.0. The molecule has 120 valence electrons. The Bertz CT molecular complexity index is 711. The van der Waals surface area contributed by atoms with Gasteiger partial charge in [0.2, 0.25) is 11.8 Å². The van der Waals surface area contributed by atoms with Crippen LogP contribution in [0.3, 0.4) is 0 Å². The topological polar surface area (TPSA) is 58.2 Å². The number of benzene rings is 2. The van der Waals surface area contributed by atoms with E-state index < -0.39 is 0 Å². The summed E-state index contributed by atoms with van der Waals surface area (Å²) in [5.41, 5.74) is 3.76. The van der Waals surface area contributed by atoms with Gasteiger partial charge in [-0.05, 0) is 48.7 Å². The van der Waals surface area contributed by atoms with E-state index in [9.17, 15) is 9.59 Å². The normalized spacial score (nSPS) is 10.2. The molecule has 0 saturated heterocycles. The van der Waals surface area contributed by atoms with Crippen LogP contribution in [0.15, 0.2) is 42.5 Å². The largest absolute Gasteiger partial charge is 0.352 e. The minimum absolute atomic E-state index is 0.207. The lowest BCUT2D eigenvalue weighted by atomic mass is 10.1. The molecule has 0 spiro atoms. The van der Waals surface area contributed by atoms with Crippen molar-refractivity contribution in [2.24, 2.45) is 0 Å². The second-order valence-corrected chi connectivity index (χ2v) is 5.81. The molecule has 23 heavy (non-hydrogen) atoms. The summed E-state index contributed by atoms with van der Waals surface area (Å²) in [5, 5.41) is 6.13. The van der Waals surface area contributed by atoms with Gasteiger partial charge in [0.1, 0.15) is 6.42 Å². The predicted molar refractivity (Wildman–Crippen MR) is 92.5 cm³/mol. The molecule has 2 rings (SSSR count). The summed E-state index contributed by atoms with van der Waals surface area (Å²) in [6.45, 7) is 4.28. The minimum Gasteiger partial charge on any atom is -0.352 e. The first kappa shape index (κ1) is 17.0. The molecule has 0 aromatic heterocycles. The van der Waals surface area contributed by atoms with Gasteiger partial charge in [0, 0.05) is 17.3 Å². The van der Waals surface area contributed by atoms with E-state index in [2.05, 4.69) is 10.6 Å². The lowest BCUT2D eigenvalue weighted by Crippen LogP contribution is -2.27. The highest BCUT2D eigenvalue weighted by Crippen LogP contribution is 2.18. The van der Waals surface area contributed by atoms with Crippen LogP contribution < -0.4 is 10.6 Å². The van der Waals surface area contributed by atoms with E-state index in [1.165, 1.54) is 0 Å². The molecule has 2 N–H and O–H groups in total. The van der Waals surface area contributed by atoms with Crippen molar-refractivity contribution >= 4 is 29.1 Å². The number of rotatable bonds is 5. The Balaban J connectivity index is 1.84. The van der Waals surface area contributed by atoms with Crippen LogP contribution in [-0.4, -0.2) is 11.8 Å². The van der Waals surface area contributed by atoms with Gasteiger partial charge in [-0.2, -0.15) is 0 Å². The Hall–Kier alpha value is -2.33. The second-order valence-electron chi connectivity index (χ2n) is 5.38. The Labute approximate surface area is 140 Å². The van der Waals surface area contributed by atoms with Crippen molar-refractivity contribution in [2.45, 2.75) is 26.8 Å². The molecule has 0 heterocycles. The van der Waals surface area contributed by atoms with Crippen molar-refractivity contribution in [2.75, 3.05) is 5.32 Å². The highest BCUT2D eigenvalue weighted by Gasteiger charge is 2.11. The van der Waals surface area contributed by atoms with E-state index in [0.717, 1.165) is 22.4 Å². The van der Waals surface area contributed by atoms with Gasteiger partial charge in [-0.15, -0.1) is 0 Å². The summed E-state index contributed by atoms with van der Waals surface area (Å²) in [4.78, 5) is 23.8. The third-order valence-corrected chi connectivity index (χ3v) is 3.85. The van der Waals surface area contributed by atoms with E-state index in [1.54, 1.807) is 12.1 Å². The average molecular weight is 331 g/mol. The van der Waals surface area contributed by atoms with Gasteiger partial charge in [0.05, 0.1) is 0 Å². The van der Waals surface area contributed by atoms with Crippen LogP contribution in [0.5, 0.6) is 0 Å². The Morgan fingerprint density at radius 1 is 1.00 bits per heavy atom. The number of carbonyl (C=O) groups excluding carboxylic acids is 2. The van der Waals surface area contributed by atoms with Crippen LogP contribution in [0.4, 0.5) is 5.69 Å². The molecule has 0 aliphatic carbocycles. The van der Waals surface area contributed by atoms with Crippen LogP contribution in [0.1, 0.15) is 23.1 Å². The zero-order valence-corrected chi connectivity index (χ0v) is 13.9. The van der Waals surface area contributed by atoms with Crippen molar-refractivity contribution in [3.8, 4) is 0 Å². The standard InChI is InChI=1S/C18H19ClN2O2/c1-12-4-3-5-16(13(12)2)21-18(23)10-17(22)20-11-14-6-8-15(19)9-7-14/h3-9H,10-11H2,1-2H3,(H,20,22)(H,21,23). The van der Waals surface area contributed by atoms with Crippen molar-refractivity contribution in [3.05, 3.63) is 64.2 Å². The highest BCUT2D eigenvalue weighted by atomic mass is 35.5. The molecule has 5 heteroatoms. The van der Waals surface area contributed by atoms with E-state index in [4.69, 9.17) is 11.6 Å². The molecule has 0 unspecified atom stereocenters. The Kier molecular flexibility index (Phi) is 5.77. The average Bonchev–Trinajstić information content (AvgIpc) is 2.51. The van der Waals surface area contributed by atoms with Gasteiger partial charge < -0.3 is 10.6 Å². The molecule has 0 radical (unpaired) electrons. The number of hydrogen-bond donors (Lipinski definition) is 2. The number of amides is 2. The van der Waals surface area contributed by atoms with Crippen molar-refractivity contribution in [3.63, 3.8) is 0 Å². The molecular weight excluding hydrogens is 312 g/mol. The highest BCUT2D eigenvalue weighted by molar-refractivity contribution is 6.30. The molecule has 0 aliphatic rings. The van der Waals surface area contributed by atoms with Gasteiger partial charge in [0.15, 0.2) is 0 Å². The molecule has 0 saturated carbocycles.